The molecular weight excluding hydrogens is 509 g/mol. The van der Waals surface area contributed by atoms with Crippen molar-refractivity contribution in [3.8, 4) is 0 Å². The molecule has 198 valence electrons. The van der Waals surface area contributed by atoms with Crippen molar-refractivity contribution in [2.24, 2.45) is 5.11 Å². The predicted molar refractivity (Wildman–Crippen MR) is 125 cm³/mol. The first kappa shape index (κ1) is 29.5. The third-order valence-corrected chi connectivity index (χ3v) is 7.78. The van der Waals surface area contributed by atoms with Crippen LogP contribution in [0, 0.1) is 6.92 Å². The van der Waals surface area contributed by atoms with Crippen LogP contribution < -0.4 is 11.2 Å². The van der Waals surface area contributed by atoms with Crippen molar-refractivity contribution in [2.45, 2.75) is 57.2 Å². The highest BCUT2D eigenvalue weighted by atomic mass is 32.1. The standard InChI is InChI=1S/C18H30N5O10PS/c1-5-30-34(27,31-6-2)17(33-35)11(21-22-19)13-12(24)14(29-8-7-28-4)16(32-13)23-9-10(3)15(25)20-18(23)26/h9,11-14,16-17,24,35H,5-8H2,1-4H3,(H,20,25,26)/t11-,12-,13-,14-,16-,17+/m1/s1. The van der Waals surface area contributed by atoms with Gasteiger partial charge in [-0.15, -0.1) is 0 Å². The van der Waals surface area contributed by atoms with E-state index in [1.165, 1.54) is 20.2 Å². The normalized spacial score (nSPS) is 24.2. The van der Waals surface area contributed by atoms with E-state index < -0.39 is 55.3 Å². The van der Waals surface area contributed by atoms with E-state index in [-0.39, 0.29) is 32.0 Å². The topological polar surface area (TPSA) is 196 Å². The quantitative estimate of drug-likeness (QED) is 0.0589. The molecule has 2 rings (SSSR count). The number of azide groups is 1. The molecule has 0 radical (unpaired) electrons. The lowest BCUT2D eigenvalue weighted by Gasteiger charge is -2.32. The highest BCUT2D eigenvalue weighted by Gasteiger charge is 2.55. The molecule has 0 amide bonds. The summed E-state index contributed by atoms with van der Waals surface area (Å²) in [5, 5.41) is 14.8. The van der Waals surface area contributed by atoms with Crippen LogP contribution in [0.5, 0.6) is 0 Å². The first-order valence-electron chi connectivity index (χ1n) is 10.7. The summed E-state index contributed by atoms with van der Waals surface area (Å²) in [7, 11) is -2.64. The molecule has 1 saturated heterocycles. The van der Waals surface area contributed by atoms with Crippen LogP contribution in [0.4, 0.5) is 0 Å². The average molecular weight is 540 g/mol. The minimum atomic E-state index is -4.09. The Morgan fingerprint density at radius 3 is 2.54 bits per heavy atom. The van der Waals surface area contributed by atoms with Gasteiger partial charge in [-0.2, -0.15) is 0 Å². The van der Waals surface area contributed by atoms with Crippen molar-refractivity contribution in [1.82, 2.24) is 9.55 Å². The Hall–Kier alpha value is -1.71. The Kier molecular flexibility index (Phi) is 11.4. The Bertz CT molecular complexity index is 1040. The second-order valence-electron chi connectivity index (χ2n) is 7.36. The zero-order valence-corrected chi connectivity index (χ0v) is 21.5. The van der Waals surface area contributed by atoms with Gasteiger partial charge in [-0.3, -0.25) is 18.9 Å². The molecule has 1 aromatic heterocycles. The number of aliphatic hydroxyl groups is 1. The fourth-order valence-corrected chi connectivity index (χ4v) is 5.88. The monoisotopic (exact) mass is 539 g/mol. The maximum atomic E-state index is 13.4. The number of H-pyrrole nitrogens is 1. The van der Waals surface area contributed by atoms with Crippen molar-refractivity contribution in [2.75, 3.05) is 33.5 Å². The van der Waals surface area contributed by atoms with E-state index in [0.29, 0.717) is 0 Å². The van der Waals surface area contributed by atoms with Gasteiger partial charge < -0.3 is 32.5 Å². The summed E-state index contributed by atoms with van der Waals surface area (Å²) in [6, 6.07) is -1.49. The van der Waals surface area contributed by atoms with Gasteiger partial charge in [-0.25, -0.2) is 4.79 Å². The fraction of sp³-hybridized carbons (Fsp3) is 0.778. The predicted octanol–water partition coefficient (Wildman–Crippen LogP) is 1.27. The maximum absolute atomic E-state index is 13.4. The molecule has 6 atom stereocenters. The molecule has 0 saturated carbocycles. The van der Waals surface area contributed by atoms with Crippen LogP contribution in [-0.4, -0.2) is 78.4 Å². The maximum Gasteiger partial charge on any atom is 0.360 e. The number of nitrogens with zero attached hydrogens (tertiary/aromatic N) is 4. The molecule has 0 spiro atoms. The van der Waals surface area contributed by atoms with Gasteiger partial charge in [0.15, 0.2) is 12.1 Å². The summed E-state index contributed by atoms with van der Waals surface area (Å²) in [6.45, 7) is 4.74. The lowest BCUT2D eigenvalue weighted by atomic mass is 10.0. The fourth-order valence-electron chi connectivity index (χ4n) is 3.60. The molecule has 0 bridgehead atoms. The SMILES string of the molecule is CCOP(=O)(OCC)[C@H](OS)[C@H](N=[N+]=[N-])[C@H]1O[C@@H](n2cc(C)c(=O)[nH]c2=O)[C@H](OCCOC)[C@@H]1O. The number of aromatic amines is 1. The molecule has 35 heavy (non-hydrogen) atoms. The molecule has 0 unspecified atom stereocenters. The number of ether oxygens (including phenoxy) is 3. The first-order chi connectivity index (χ1) is 16.7. The van der Waals surface area contributed by atoms with Gasteiger partial charge in [0.1, 0.15) is 24.4 Å². The number of methoxy groups -OCH3 is 1. The minimum Gasteiger partial charge on any atom is -0.387 e. The summed E-state index contributed by atoms with van der Waals surface area (Å²) in [4.78, 5) is 29.3. The molecule has 1 aliphatic rings. The van der Waals surface area contributed by atoms with E-state index in [9.17, 15) is 24.8 Å². The second-order valence-corrected chi connectivity index (χ2v) is 9.67. The number of rotatable bonds is 14. The van der Waals surface area contributed by atoms with Gasteiger partial charge in [0.2, 0.25) is 0 Å². The summed E-state index contributed by atoms with van der Waals surface area (Å²) in [6.07, 6.45) is -4.14. The Morgan fingerprint density at radius 1 is 1.34 bits per heavy atom. The molecule has 0 aliphatic carbocycles. The summed E-state index contributed by atoms with van der Waals surface area (Å²) < 4.78 is 46.8. The number of hydrogen-bond donors (Lipinski definition) is 3. The van der Waals surface area contributed by atoms with Gasteiger partial charge in [-0.1, -0.05) is 5.11 Å². The number of nitrogens with one attached hydrogen (secondary N) is 1. The van der Waals surface area contributed by atoms with Crippen molar-refractivity contribution in [1.29, 1.82) is 0 Å². The molecule has 0 aromatic carbocycles. The van der Waals surface area contributed by atoms with E-state index in [4.69, 9.17) is 27.4 Å². The van der Waals surface area contributed by atoms with Gasteiger partial charge in [-0.05, 0) is 39.2 Å². The van der Waals surface area contributed by atoms with Crippen LogP contribution in [-0.2, 0) is 32.0 Å². The average Bonchev–Trinajstić information content (AvgIpc) is 3.12. The summed E-state index contributed by atoms with van der Waals surface area (Å²) >= 11 is 3.78. The lowest BCUT2D eigenvalue weighted by Crippen LogP contribution is -2.45. The zero-order chi connectivity index (χ0) is 26.2. The highest BCUT2D eigenvalue weighted by Crippen LogP contribution is 2.57. The van der Waals surface area contributed by atoms with Gasteiger partial charge in [0, 0.05) is 23.8 Å². The van der Waals surface area contributed by atoms with Gasteiger partial charge in [0.25, 0.3) is 5.56 Å². The largest absolute Gasteiger partial charge is 0.387 e. The molecule has 1 aliphatic heterocycles. The molecule has 1 fully saturated rings. The molecule has 17 heteroatoms. The number of hydrogen-bond acceptors (Lipinski definition) is 12. The smallest absolute Gasteiger partial charge is 0.360 e. The Labute approximate surface area is 206 Å². The van der Waals surface area contributed by atoms with Gasteiger partial charge in [0.05, 0.1) is 26.4 Å². The Balaban J connectivity index is 2.56. The molecule has 15 nitrogen and oxygen atoms in total. The zero-order valence-electron chi connectivity index (χ0n) is 19.7. The minimum absolute atomic E-state index is 0.0109. The number of aromatic nitrogens is 2. The third kappa shape index (κ3) is 6.74. The summed E-state index contributed by atoms with van der Waals surface area (Å²) in [5.41, 5.74) is 7.99. The van der Waals surface area contributed by atoms with Crippen LogP contribution in [0.25, 0.3) is 10.4 Å². The number of aliphatic hydroxyl groups excluding tert-OH is 1. The van der Waals surface area contributed by atoms with Gasteiger partial charge >= 0.3 is 13.3 Å². The van der Waals surface area contributed by atoms with E-state index in [2.05, 4.69) is 27.9 Å². The van der Waals surface area contributed by atoms with Crippen LogP contribution in [0.15, 0.2) is 20.9 Å². The molecule has 2 heterocycles. The van der Waals surface area contributed by atoms with Crippen LogP contribution in [0.3, 0.4) is 0 Å². The molecular formula is C18H30N5O10PS. The molecule has 2 N–H and O–H groups in total. The first-order valence-corrected chi connectivity index (χ1v) is 12.7. The lowest BCUT2D eigenvalue weighted by molar-refractivity contribution is -0.0817. The van der Waals surface area contributed by atoms with Crippen molar-refractivity contribution in [3.05, 3.63) is 43.0 Å². The summed E-state index contributed by atoms with van der Waals surface area (Å²) in [5.74, 6) is -1.59. The van der Waals surface area contributed by atoms with Crippen molar-refractivity contribution < 1.29 is 37.1 Å². The van der Waals surface area contributed by atoms with Crippen LogP contribution in [0.1, 0.15) is 25.6 Å². The number of thiol groups is 1. The Morgan fingerprint density at radius 2 is 2.00 bits per heavy atom. The number of aryl methyl sites for hydroxylation is 1. The van der Waals surface area contributed by atoms with Crippen LogP contribution in [0.2, 0.25) is 0 Å². The second kappa shape index (κ2) is 13.6. The van der Waals surface area contributed by atoms with E-state index in [1.807, 2.05) is 0 Å². The van der Waals surface area contributed by atoms with E-state index >= 15 is 0 Å². The van der Waals surface area contributed by atoms with Crippen molar-refractivity contribution in [3.63, 3.8) is 0 Å². The molecule has 1 aromatic rings. The highest BCUT2D eigenvalue weighted by molar-refractivity contribution is 7.75. The van der Waals surface area contributed by atoms with E-state index in [1.54, 1.807) is 13.8 Å². The third-order valence-electron chi connectivity index (χ3n) is 5.12. The van der Waals surface area contributed by atoms with Crippen molar-refractivity contribution >= 4 is 20.5 Å². The van der Waals surface area contributed by atoms with Crippen LogP contribution >= 0.6 is 20.5 Å². The van der Waals surface area contributed by atoms with E-state index in [0.717, 1.165) is 4.57 Å².